The maximum absolute atomic E-state index is 10.8. The van der Waals surface area contributed by atoms with Crippen molar-refractivity contribution in [1.82, 2.24) is 25.0 Å². The fourth-order valence-corrected chi connectivity index (χ4v) is 2.61. The molecule has 0 saturated heterocycles. The molecule has 1 aliphatic rings. The summed E-state index contributed by atoms with van der Waals surface area (Å²) in [6.07, 6.45) is 5.70. The van der Waals surface area contributed by atoms with Crippen LogP contribution in [0.4, 0.5) is 5.82 Å². The average Bonchev–Trinajstić information content (AvgIpc) is 3.02. The minimum Gasteiger partial charge on any atom is -0.382 e. The van der Waals surface area contributed by atoms with Gasteiger partial charge in [-0.1, -0.05) is 17.4 Å². The highest BCUT2D eigenvalue weighted by Gasteiger charge is 2.25. The Bertz CT molecular complexity index is 800. The second-order valence-corrected chi connectivity index (χ2v) is 5.91. The molecule has 3 rings (SSSR count). The van der Waals surface area contributed by atoms with E-state index in [1.54, 1.807) is 4.68 Å². The summed E-state index contributed by atoms with van der Waals surface area (Å²) in [6.45, 7) is -0.00438. The average molecular weight is 311 g/mol. The standard InChI is InChI=1S/C10H13N7O3S/c11-9-8-10(14-5-13-9)17(16-15-8)7-2-1-6(3-7)4-20-21(12,18)19/h1-2,5-7H,3-4H2,(H2,11,13,14)(H2,12,18,19). The largest absolute Gasteiger partial charge is 0.382 e. The Labute approximate surface area is 120 Å². The number of allylic oxidation sites excluding steroid dienone is 1. The molecule has 1 aliphatic carbocycles. The van der Waals surface area contributed by atoms with Gasteiger partial charge in [-0.25, -0.2) is 19.8 Å². The van der Waals surface area contributed by atoms with Gasteiger partial charge in [-0.15, -0.1) is 5.10 Å². The smallest absolute Gasteiger partial charge is 0.333 e. The SMILES string of the molecule is Nc1ncnc2c1nnn2C1C=CC(COS(N)(=O)=O)C1. The Kier molecular flexibility index (Phi) is 3.31. The van der Waals surface area contributed by atoms with Gasteiger partial charge in [-0.05, 0) is 6.42 Å². The minimum absolute atomic E-state index is 0.00438. The zero-order chi connectivity index (χ0) is 15.0. The van der Waals surface area contributed by atoms with Crippen LogP contribution in [0.2, 0.25) is 0 Å². The fourth-order valence-electron chi connectivity index (χ4n) is 2.24. The number of hydrogen-bond donors (Lipinski definition) is 2. The van der Waals surface area contributed by atoms with Gasteiger partial charge in [0.25, 0.3) is 0 Å². The Morgan fingerprint density at radius 3 is 2.95 bits per heavy atom. The molecule has 11 heteroatoms. The summed E-state index contributed by atoms with van der Waals surface area (Å²) in [5.41, 5.74) is 6.68. The molecule has 2 aromatic rings. The number of anilines is 1. The highest BCUT2D eigenvalue weighted by molar-refractivity contribution is 7.84. The van der Waals surface area contributed by atoms with Gasteiger partial charge < -0.3 is 5.73 Å². The van der Waals surface area contributed by atoms with Crippen LogP contribution in [0.15, 0.2) is 18.5 Å². The van der Waals surface area contributed by atoms with E-state index in [1.807, 2.05) is 12.2 Å². The third-order valence-corrected chi connectivity index (χ3v) is 3.66. The predicted molar refractivity (Wildman–Crippen MR) is 72.9 cm³/mol. The number of rotatable bonds is 4. The van der Waals surface area contributed by atoms with Gasteiger partial charge in [0, 0.05) is 5.92 Å². The predicted octanol–water partition coefficient (Wildman–Crippen LogP) is -0.859. The van der Waals surface area contributed by atoms with Gasteiger partial charge in [0.1, 0.15) is 6.33 Å². The zero-order valence-electron chi connectivity index (χ0n) is 10.8. The zero-order valence-corrected chi connectivity index (χ0v) is 11.6. The Balaban J connectivity index is 1.77. The van der Waals surface area contributed by atoms with Crippen molar-refractivity contribution in [1.29, 1.82) is 0 Å². The van der Waals surface area contributed by atoms with Crippen molar-refractivity contribution in [3.63, 3.8) is 0 Å². The first-order valence-corrected chi connectivity index (χ1v) is 7.58. The lowest BCUT2D eigenvalue weighted by Gasteiger charge is -2.11. The number of aromatic nitrogens is 5. The lowest BCUT2D eigenvalue weighted by atomic mass is 10.1. The Morgan fingerprint density at radius 1 is 1.38 bits per heavy atom. The van der Waals surface area contributed by atoms with Crippen molar-refractivity contribution < 1.29 is 12.6 Å². The summed E-state index contributed by atoms with van der Waals surface area (Å²) in [7, 11) is -3.93. The molecule has 10 nitrogen and oxygen atoms in total. The molecule has 2 atom stereocenters. The van der Waals surface area contributed by atoms with Crippen molar-refractivity contribution in [3.05, 3.63) is 18.5 Å². The van der Waals surface area contributed by atoms with Gasteiger partial charge in [0.2, 0.25) is 0 Å². The van der Waals surface area contributed by atoms with Gasteiger partial charge in [-0.3, -0.25) is 4.18 Å². The second kappa shape index (κ2) is 5.02. The molecule has 2 aromatic heterocycles. The minimum atomic E-state index is -3.93. The molecule has 2 unspecified atom stereocenters. The van der Waals surface area contributed by atoms with E-state index < -0.39 is 10.3 Å². The Hall–Kier alpha value is -2.11. The normalized spacial score (nSPS) is 22.1. The Morgan fingerprint density at radius 2 is 2.19 bits per heavy atom. The highest BCUT2D eigenvalue weighted by atomic mass is 32.2. The number of nitrogen functional groups attached to an aromatic ring is 1. The maximum atomic E-state index is 10.8. The molecule has 0 amide bonds. The molecule has 0 radical (unpaired) electrons. The molecule has 0 spiro atoms. The van der Waals surface area contributed by atoms with E-state index in [-0.39, 0.29) is 24.4 Å². The molecule has 4 N–H and O–H groups in total. The lowest BCUT2D eigenvalue weighted by Crippen LogP contribution is -2.20. The first kappa shape index (κ1) is 13.9. The van der Waals surface area contributed by atoms with Crippen molar-refractivity contribution in [2.24, 2.45) is 11.1 Å². The van der Waals surface area contributed by atoms with Crippen molar-refractivity contribution in [2.75, 3.05) is 12.3 Å². The van der Waals surface area contributed by atoms with E-state index in [0.717, 1.165) is 0 Å². The summed E-state index contributed by atoms with van der Waals surface area (Å²) in [4.78, 5) is 7.97. The third kappa shape index (κ3) is 2.84. The molecule has 21 heavy (non-hydrogen) atoms. The van der Waals surface area contributed by atoms with Gasteiger partial charge in [-0.2, -0.15) is 8.42 Å². The molecular formula is C10H13N7O3S. The first-order valence-electron chi connectivity index (χ1n) is 6.11. The summed E-state index contributed by atoms with van der Waals surface area (Å²) >= 11 is 0. The van der Waals surface area contributed by atoms with E-state index in [9.17, 15) is 8.42 Å². The van der Waals surface area contributed by atoms with Crippen LogP contribution < -0.4 is 10.9 Å². The molecule has 0 saturated carbocycles. The summed E-state index contributed by atoms with van der Waals surface area (Å²) in [6, 6.07) is -0.0987. The topological polar surface area (TPSA) is 152 Å². The summed E-state index contributed by atoms with van der Waals surface area (Å²) in [5.74, 6) is 0.189. The van der Waals surface area contributed by atoms with E-state index >= 15 is 0 Å². The number of nitrogens with two attached hydrogens (primary N) is 2. The van der Waals surface area contributed by atoms with Gasteiger partial charge >= 0.3 is 10.3 Å². The van der Waals surface area contributed by atoms with E-state index in [4.69, 9.17) is 10.9 Å². The number of fused-ring (bicyclic) bond motifs is 1. The molecule has 112 valence electrons. The molecule has 0 bridgehead atoms. The van der Waals surface area contributed by atoms with Crippen molar-refractivity contribution in [2.45, 2.75) is 12.5 Å². The van der Waals surface area contributed by atoms with Crippen LogP contribution in [0.3, 0.4) is 0 Å². The van der Waals surface area contributed by atoms with E-state index in [0.29, 0.717) is 17.6 Å². The maximum Gasteiger partial charge on any atom is 0.333 e. The van der Waals surface area contributed by atoms with Crippen LogP contribution in [0, 0.1) is 5.92 Å². The fraction of sp³-hybridized carbons (Fsp3) is 0.400. The van der Waals surface area contributed by atoms with Crippen LogP contribution in [0.5, 0.6) is 0 Å². The summed E-state index contributed by atoms with van der Waals surface area (Å²) < 4.78 is 27.8. The lowest BCUT2D eigenvalue weighted by molar-refractivity contribution is 0.269. The third-order valence-electron chi connectivity index (χ3n) is 3.20. The van der Waals surface area contributed by atoms with Crippen LogP contribution in [-0.2, 0) is 14.5 Å². The van der Waals surface area contributed by atoms with Crippen LogP contribution >= 0.6 is 0 Å². The summed E-state index contributed by atoms with van der Waals surface area (Å²) in [5, 5.41) is 12.8. The second-order valence-electron chi connectivity index (χ2n) is 4.69. The number of hydrogen-bond acceptors (Lipinski definition) is 8. The molecule has 0 aromatic carbocycles. The highest BCUT2D eigenvalue weighted by Crippen LogP contribution is 2.29. The van der Waals surface area contributed by atoms with Gasteiger partial charge in [0.15, 0.2) is 17.0 Å². The molecule has 0 fully saturated rings. The monoisotopic (exact) mass is 311 g/mol. The molecular weight excluding hydrogens is 298 g/mol. The van der Waals surface area contributed by atoms with Crippen molar-refractivity contribution >= 4 is 27.3 Å². The van der Waals surface area contributed by atoms with Crippen LogP contribution in [0.1, 0.15) is 12.5 Å². The van der Waals surface area contributed by atoms with E-state index in [1.165, 1.54) is 6.33 Å². The van der Waals surface area contributed by atoms with E-state index in [2.05, 4.69) is 24.5 Å². The molecule has 0 aliphatic heterocycles. The quantitative estimate of drug-likeness (QED) is 0.692. The van der Waals surface area contributed by atoms with Crippen molar-refractivity contribution in [3.8, 4) is 0 Å². The van der Waals surface area contributed by atoms with Crippen LogP contribution in [-0.4, -0.2) is 40.0 Å². The van der Waals surface area contributed by atoms with Gasteiger partial charge in [0.05, 0.1) is 12.6 Å². The first-order chi connectivity index (χ1) is 9.94. The number of nitrogens with zero attached hydrogens (tertiary/aromatic N) is 5. The molecule has 2 heterocycles. The van der Waals surface area contributed by atoms with Crippen LogP contribution in [0.25, 0.3) is 11.2 Å².